The number of hydrogen-bond donors (Lipinski definition) is 1. The van der Waals surface area contributed by atoms with Crippen molar-refractivity contribution in [3.8, 4) is 0 Å². The molecule has 0 aliphatic heterocycles. The minimum absolute atomic E-state index is 0.644. The van der Waals surface area contributed by atoms with Gasteiger partial charge in [0.25, 0.3) is 0 Å². The third-order valence-corrected chi connectivity index (χ3v) is 5.67. The summed E-state index contributed by atoms with van der Waals surface area (Å²) < 4.78 is 0. The third kappa shape index (κ3) is 2.77. The van der Waals surface area contributed by atoms with E-state index >= 15 is 0 Å². The summed E-state index contributed by atoms with van der Waals surface area (Å²) in [5.41, 5.74) is 0. The van der Waals surface area contributed by atoms with Crippen molar-refractivity contribution in [3.05, 3.63) is 16.6 Å². The first-order valence-electron chi connectivity index (χ1n) is 7.47. The van der Waals surface area contributed by atoms with Crippen molar-refractivity contribution in [2.75, 3.05) is 6.54 Å². The highest BCUT2D eigenvalue weighted by Crippen LogP contribution is 2.49. The Morgan fingerprint density at radius 2 is 2.39 bits per heavy atom. The van der Waals surface area contributed by atoms with Crippen LogP contribution in [0, 0.1) is 17.8 Å². The number of thiazole rings is 1. The molecule has 2 nitrogen and oxygen atoms in total. The van der Waals surface area contributed by atoms with E-state index in [1.165, 1.54) is 37.1 Å². The lowest BCUT2D eigenvalue weighted by atomic mass is 9.83. The molecule has 0 amide bonds. The standard InChI is InChI=1S/C15H24N2S/c1-2-16-14(10-15-17-5-6-18-15)9-13-8-11-3-4-12(13)7-11/h5-6,11-14,16H,2-4,7-10H2,1H3. The van der Waals surface area contributed by atoms with Gasteiger partial charge in [0.2, 0.25) is 0 Å². The zero-order valence-corrected chi connectivity index (χ0v) is 12.1. The average Bonchev–Trinajstić information content (AvgIpc) is 3.05. The lowest BCUT2D eigenvalue weighted by Gasteiger charge is -2.26. The summed E-state index contributed by atoms with van der Waals surface area (Å²) in [5.74, 6) is 3.11. The molecule has 2 fully saturated rings. The Labute approximate surface area is 114 Å². The number of aromatic nitrogens is 1. The molecular formula is C15H24N2S. The van der Waals surface area contributed by atoms with Crippen LogP contribution in [0.4, 0.5) is 0 Å². The van der Waals surface area contributed by atoms with E-state index in [0.717, 1.165) is 30.7 Å². The molecule has 3 rings (SSSR count). The van der Waals surface area contributed by atoms with Crippen molar-refractivity contribution in [1.82, 2.24) is 10.3 Å². The minimum atomic E-state index is 0.644. The Balaban J connectivity index is 1.56. The van der Waals surface area contributed by atoms with Gasteiger partial charge in [-0.3, -0.25) is 0 Å². The average molecular weight is 264 g/mol. The van der Waals surface area contributed by atoms with E-state index in [1.807, 2.05) is 6.20 Å². The van der Waals surface area contributed by atoms with Crippen molar-refractivity contribution >= 4 is 11.3 Å². The fourth-order valence-corrected chi connectivity index (χ4v) is 4.82. The molecule has 2 saturated carbocycles. The summed E-state index contributed by atoms with van der Waals surface area (Å²) in [6.07, 6.45) is 10.5. The van der Waals surface area contributed by atoms with Crippen LogP contribution in [0.5, 0.6) is 0 Å². The van der Waals surface area contributed by atoms with E-state index in [-0.39, 0.29) is 0 Å². The van der Waals surface area contributed by atoms with Crippen LogP contribution in [0.1, 0.15) is 44.0 Å². The maximum absolute atomic E-state index is 4.44. The lowest BCUT2D eigenvalue weighted by molar-refractivity contribution is 0.278. The molecule has 4 unspecified atom stereocenters. The van der Waals surface area contributed by atoms with E-state index in [4.69, 9.17) is 0 Å². The Morgan fingerprint density at radius 1 is 1.44 bits per heavy atom. The number of nitrogens with zero attached hydrogens (tertiary/aromatic N) is 1. The fourth-order valence-electron chi connectivity index (χ4n) is 4.12. The van der Waals surface area contributed by atoms with Crippen LogP contribution in [0.15, 0.2) is 11.6 Å². The van der Waals surface area contributed by atoms with Gasteiger partial charge in [-0.2, -0.15) is 0 Å². The third-order valence-electron chi connectivity index (χ3n) is 4.87. The molecule has 1 aromatic rings. The summed E-state index contributed by atoms with van der Waals surface area (Å²) >= 11 is 1.80. The van der Waals surface area contributed by atoms with Crippen molar-refractivity contribution in [1.29, 1.82) is 0 Å². The monoisotopic (exact) mass is 264 g/mol. The number of hydrogen-bond acceptors (Lipinski definition) is 3. The Morgan fingerprint density at radius 3 is 3.00 bits per heavy atom. The number of rotatable bonds is 6. The smallest absolute Gasteiger partial charge is 0.0940 e. The summed E-state index contributed by atoms with van der Waals surface area (Å²) in [5, 5.41) is 7.06. The first-order chi connectivity index (χ1) is 8.85. The largest absolute Gasteiger partial charge is 0.314 e. The lowest BCUT2D eigenvalue weighted by Crippen LogP contribution is -2.34. The number of nitrogens with one attached hydrogen (secondary N) is 1. The van der Waals surface area contributed by atoms with Crippen molar-refractivity contribution < 1.29 is 0 Å². The molecule has 1 aromatic heterocycles. The molecule has 2 aliphatic carbocycles. The molecule has 4 atom stereocenters. The molecule has 1 N–H and O–H groups in total. The summed E-state index contributed by atoms with van der Waals surface area (Å²) in [7, 11) is 0. The SMILES string of the molecule is CCNC(Cc1nccs1)CC1CC2CCC1C2. The van der Waals surface area contributed by atoms with Gasteiger partial charge < -0.3 is 5.32 Å². The van der Waals surface area contributed by atoms with Crippen molar-refractivity contribution in [2.45, 2.75) is 51.5 Å². The van der Waals surface area contributed by atoms with Gasteiger partial charge in [0, 0.05) is 24.0 Å². The van der Waals surface area contributed by atoms with E-state index < -0.39 is 0 Å². The number of likely N-dealkylation sites (N-methyl/N-ethyl adjacent to an activating group) is 1. The quantitative estimate of drug-likeness (QED) is 0.851. The highest BCUT2D eigenvalue weighted by Gasteiger charge is 2.40. The Hall–Kier alpha value is -0.410. The van der Waals surface area contributed by atoms with Crippen LogP contribution >= 0.6 is 11.3 Å². The van der Waals surface area contributed by atoms with Crippen LogP contribution in [0.25, 0.3) is 0 Å². The van der Waals surface area contributed by atoms with Gasteiger partial charge >= 0.3 is 0 Å². The maximum Gasteiger partial charge on any atom is 0.0940 e. The van der Waals surface area contributed by atoms with Crippen LogP contribution in [-0.4, -0.2) is 17.6 Å². The fraction of sp³-hybridized carbons (Fsp3) is 0.800. The Kier molecular flexibility index (Phi) is 4.00. The predicted octanol–water partition coefficient (Wildman–Crippen LogP) is 3.49. The zero-order chi connectivity index (χ0) is 12.4. The second-order valence-corrected chi connectivity index (χ2v) is 7.03. The van der Waals surface area contributed by atoms with Gasteiger partial charge in [-0.1, -0.05) is 13.3 Å². The Bertz CT molecular complexity index is 363. The van der Waals surface area contributed by atoms with Gasteiger partial charge in [-0.25, -0.2) is 4.98 Å². The molecule has 2 bridgehead atoms. The first-order valence-corrected chi connectivity index (χ1v) is 8.35. The molecule has 0 spiro atoms. The molecule has 18 heavy (non-hydrogen) atoms. The minimum Gasteiger partial charge on any atom is -0.314 e. The van der Waals surface area contributed by atoms with E-state index in [9.17, 15) is 0 Å². The van der Waals surface area contributed by atoms with Gasteiger partial charge in [0.05, 0.1) is 5.01 Å². The highest BCUT2D eigenvalue weighted by atomic mass is 32.1. The van der Waals surface area contributed by atoms with Crippen LogP contribution in [-0.2, 0) is 6.42 Å². The van der Waals surface area contributed by atoms with Gasteiger partial charge in [0.1, 0.15) is 0 Å². The first kappa shape index (κ1) is 12.6. The molecule has 100 valence electrons. The van der Waals surface area contributed by atoms with Gasteiger partial charge in [0.15, 0.2) is 0 Å². The van der Waals surface area contributed by atoms with Crippen molar-refractivity contribution in [3.63, 3.8) is 0 Å². The second kappa shape index (κ2) is 5.70. The summed E-state index contributed by atoms with van der Waals surface area (Å²) in [4.78, 5) is 4.44. The van der Waals surface area contributed by atoms with E-state index in [1.54, 1.807) is 11.3 Å². The molecular weight excluding hydrogens is 240 g/mol. The van der Waals surface area contributed by atoms with Crippen LogP contribution < -0.4 is 5.32 Å². The molecule has 0 aromatic carbocycles. The second-order valence-electron chi connectivity index (χ2n) is 6.06. The van der Waals surface area contributed by atoms with Gasteiger partial charge in [-0.15, -0.1) is 11.3 Å². The maximum atomic E-state index is 4.44. The van der Waals surface area contributed by atoms with Gasteiger partial charge in [-0.05, 0) is 50.0 Å². The topological polar surface area (TPSA) is 24.9 Å². The number of fused-ring (bicyclic) bond motifs is 2. The normalized spacial score (nSPS) is 31.9. The van der Waals surface area contributed by atoms with Crippen molar-refractivity contribution in [2.24, 2.45) is 17.8 Å². The molecule has 1 heterocycles. The van der Waals surface area contributed by atoms with E-state index in [2.05, 4.69) is 22.6 Å². The zero-order valence-electron chi connectivity index (χ0n) is 11.3. The molecule has 3 heteroatoms. The predicted molar refractivity (Wildman–Crippen MR) is 76.8 cm³/mol. The van der Waals surface area contributed by atoms with Crippen LogP contribution in [0.2, 0.25) is 0 Å². The molecule has 0 radical (unpaired) electrons. The van der Waals surface area contributed by atoms with Crippen LogP contribution in [0.3, 0.4) is 0 Å². The molecule has 2 aliphatic rings. The van der Waals surface area contributed by atoms with E-state index in [0.29, 0.717) is 6.04 Å². The highest BCUT2D eigenvalue weighted by molar-refractivity contribution is 7.09. The summed E-state index contributed by atoms with van der Waals surface area (Å²) in [6, 6.07) is 0.644. The molecule has 0 saturated heterocycles. The summed E-state index contributed by atoms with van der Waals surface area (Å²) in [6.45, 7) is 3.30.